The molecule has 0 unspecified atom stereocenters. The summed E-state index contributed by atoms with van der Waals surface area (Å²) >= 11 is 2.61. The van der Waals surface area contributed by atoms with Gasteiger partial charge in [-0.25, -0.2) is 9.18 Å². The number of rotatable bonds is 3. The van der Waals surface area contributed by atoms with Gasteiger partial charge < -0.3 is 10.1 Å². The molecule has 1 saturated heterocycles. The largest absolute Gasteiger partial charge is 0.351 e. The Morgan fingerprint density at radius 1 is 1.71 bits per heavy atom. The highest BCUT2D eigenvalue weighted by molar-refractivity contribution is 9.08. The molecule has 0 radical (unpaired) electrons. The van der Waals surface area contributed by atoms with Crippen molar-refractivity contribution in [2.24, 2.45) is 0 Å². The molecule has 1 aliphatic rings. The number of carbonyl (C=O) groups is 2. The van der Waals surface area contributed by atoms with Gasteiger partial charge in [-0.1, -0.05) is 6.08 Å². The van der Waals surface area contributed by atoms with Gasteiger partial charge in [0.15, 0.2) is 6.23 Å². The predicted octanol–water partition coefficient (Wildman–Crippen LogP) is 0.715. The van der Waals surface area contributed by atoms with E-state index in [4.69, 9.17) is 4.74 Å². The molecule has 0 saturated carbocycles. The molecule has 5 nitrogen and oxygen atoms in total. The van der Waals surface area contributed by atoms with Gasteiger partial charge in [-0.05, 0) is 0 Å². The van der Waals surface area contributed by atoms with E-state index in [2.05, 4.69) is 28.0 Å². The van der Waals surface area contributed by atoms with Crippen LogP contribution in [-0.2, 0) is 9.53 Å². The SMILES string of the molecule is C=CCO[C@@H]1NC(=O)N(Br)C(=O)[C@H]1F. The van der Waals surface area contributed by atoms with Crippen molar-refractivity contribution < 1.29 is 18.7 Å². The molecule has 0 bridgehead atoms. The Labute approximate surface area is 88.2 Å². The number of alkyl halides is 1. The van der Waals surface area contributed by atoms with Crippen LogP contribution < -0.4 is 5.32 Å². The molecule has 0 aromatic carbocycles. The van der Waals surface area contributed by atoms with Crippen LogP contribution in [0.25, 0.3) is 0 Å². The van der Waals surface area contributed by atoms with Crippen molar-refractivity contribution in [1.29, 1.82) is 0 Å². The van der Waals surface area contributed by atoms with E-state index < -0.39 is 24.3 Å². The summed E-state index contributed by atoms with van der Waals surface area (Å²) in [6.45, 7) is 3.41. The van der Waals surface area contributed by atoms with Gasteiger partial charge in [0.2, 0.25) is 6.17 Å². The summed E-state index contributed by atoms with van der Waals surface area (Å²) in [6, 6.07) is -0.752. The number of hydrogen-bond acceptors (Lipinski definition) is 3. The van der Waals surface area contributed by atoms with E-state index in [0.29, 0.717) is 3.93 Å². The van der Waals surface area contributed by atoms with E-state index >= 15 is 0 Å². The molecular weight excluding hydrogens is 259 g/mol. The highest BCUT2D eigenvalue weighted by atomic mass is 79.9. The second-order valence-corrected chi connectivity index (χ2v) is 3.22. The Balaban J connectivity index is 2.65. The lowest BCUT2D eigenvalue weighted by Gasteiger charge is -2.29. The molecule has 0 aromatic rings. The quantitative estimate of drug-likeness (QED) is 0.605. The van der Waals surface area contributed by atoms with Gasteiger partial charge >= 0.3 is 6.03 Å². The average molecular weight is 267 g/mol. The monoisotopic (exact) mass is 266 g/mol. The maximum atomic E-state index is 13.2. The Morgan fingerprint density at radius 2 is 2.36 bits per heavy atom. The summed E-state index contributed by atoms with van der Waals surface area (Å²) in [7, 11) is 0. The summed E-state index contributed by atoms with van der Waals surface area (Å²) in [5, 5.41) is 2.16. The zero-order chi connectivity index (χ0) is 10.7. The molecule has 1 rings (SSSR count). The Kier molecular flexibility index (Phi) is 3.59. The van der Waals surface area contributed by atoms with Crippen LogP contribution in [0.1, 0.15) is 0 Å². The minimum Gasteiger partial charge on any atom is -0.351 e. The summed E-state index contributed by atoms with van der Waals surface area (Å²) in [6.07, 6.45) is -1.77. The van der Waals surface area contributed by atoms with Gasteiger partial charge in [-0.15, -0.1) is 6.58 Å². The summed E-state index contributed by atoms with van der Waals surface area (Å²) in [5.41, 5.74) is 0. The first kappa shape index (κ1) is 11.1. The van der Waals surface area contributed by atoms with Gasteiger partial charge in [0.05, 0.1) is 22.8 Å². The zero-order valence-corrected chi connectivity index (χ0v) is 8.66. The molecule has 2 atom stereocenters. The van der Waals surface area contributed by atoms with E-state index in [1.54, 1.807) is 0 Å². The molecule has 0 spiro atoms. The van der Waals surface area contributed by atoms with Crippen molar-refractivity contribution in [2.75, 3.05) is 6.61 Å². The van der Waals surface area contributed by atoms with Gasteiger partial charge in [-0.3, -0.25) is 4.79 Å². The Bertz CT molecular complexity index is 274. The van der Waals surface area contributed by atoms with E-state index in [-0.39, 0.29) is 6.61 Å². The fourth-order valence-electron chi connectivity index (χ4n) is 0.887. The van der Waals surface area contributed by atoms with Crippen LogP contribution in [0.2, 0.25) is 0 Å². The molecule has 14 heavy (non-hydrogen) atoms. The second-order valence-electron chi connectivity index (χ2n) is 2.51. The molecule has 1 aliphatic heterocycles. The van der Waals surface area contributed by atoms with Crippen molar-refractivity contribution in [1.82, 2.24) is 9.24 Å². The van der Waals surface area contributed by atoms with Gasteiger partial charge in [0.25, 0.3) is 5.91 Å². The maximum Gasteiger partial charge on any atom is 0.336 e. The summed E-state index contributed by atoms with van der Waals surface area (Å²) in [4.78, 5) is 22.0. The third kappa shape index (κ3) is 2.10. The fourth-order valence-corrected chi connectivity index (χ4v) is 1.19. The van der Waals surface area contributed by atoms with Crippen molar-refractivity contribution in [3.63, 3.8) is 0 Å². The summed E-state index contributed by atoms with van der Waals surface area (Å²) in [5.74, 6) is -0.984. The third-order valence-electron chi connectivity index (χ3n) is 1.53. The normalized spacial score (nSPS) is 27.4. The minimum atomic E-state index is -1.91. The number of urea groups is 1. The predicted molar refractivity (Wildman–Crippen MR) is 49.1 cm³/mol. The van der Waals surface area contributed by atoms with E-state index in [9.17, 15) is 14.0 Å². The lowest BCUT2D eigenvalue weighted by Crippen LogP contribution is -2.59. The maximum absolute atomic E-state index is 13.2. The molecule has 0 aliphatic carbocycles. The van der Waals surface area contributed by atoms with Crippen molar-refractivity contribution in [3.8, 4) is 0 Å². The van der Waals surface area contributed by atoms with Crippen molar-refractivity contribution in [2.45, 2.75) is 12.4 Å². The molecule has 1 heterocycles. The van der Waals surface area contributed by atoms with Crippen LogP contribution in [0.5, 0.6) is 0 Å². The average Bonchev–Trinajstić information content (AvgIpc) is 2.18. The third-order valence-corrected chi connectivity index (χ3v) is 2.20. The standard InChI is InChI=1S/C7H8BrFN2O3/c1-2-3-14-5-4(9)6(12)11(8)7(13)10-5/h2,4-5H,1,3H2,(H,10,13)/t4-,5-/m0/s1. The number of amides is 3. The number of hydrogen-bond donors (Lipinski definition) is 1. The highest BCUT2D eigenvalue weighted by Crippen LogP contribution is 2.15. The van der Waals surface area contributed by atoms with Crippen LogP contribution >= 0.6 is 16.1 Å². The van der Waals surface area contributed by atoms with Crippen LogP contribution in [0.3, 0.4) is 0 Å². The first-order valence-electron chi connectivity index (χ1n) is 3.74. The van der Waals surface area contributed by atoms with E-state index in [1.807, 2.05) is 0 Å². The number of carbonyl (C=O) groups excluding carboxylic acids is 2. The number of nitrogens with zero attached hydrogens (tertiary/aromatic N) is 1. The molecule has 3 amide bonds. The zero-order valence-electron chi connectivity index (χ0n) is 7.07. The number of halogens is 2. The molecule has 0 aromatic heterocycles. The lowest BCUT2D eigenvalue weighted by atomic mass is 10.3. The van der Waals surface area contributed by atoms with Gasteiger partial charge in [0, 0.05) is 0 Å². The molecule has 1 fully saturated rings. The van der Waals surface area contributed by atoms with Crippen LogP contribution in [0, 0.1) is 0 Å². The minimum absolute atomic E-state index is 0.0565. The van der Waals surface area contributed by atoms with Crippen molar-refractivity contribution >= 4 is 28.1 Å². The highest BCUT2D eigenvalue weighted by Gasteiger charge is 2.41. The molecule has 78 valence electrons. The Hall–Kier alpha value is -0.950. The van der Waals surface area contributed by atoms with Crippen LogP contribution in [0.4, 0.5) is 9.18 Å². The topological polar surface area (TPSA) is 58.6 Å². The first-order valence-corrected chi connectivity index (χ1v) is 4.45. The summed E-state index contributed by atoms with van der Waals surface area (Å²) < 4.78 is 18.5. The number of nitrogens with one attached hydrogen (secondary N) is 1. The number of ether oxygens (including phenoxy) is 1. The van der Waals surface area contributed by atoms with Crippen molar-refractivity contribution in [3.05, 3.63) is 12.7 Å². The molecular formula is C7H8BrFN2O3. The first-order chi connectivity index (χ1) is 6.57. The molecule has 1 N–H and O–H groups in total. The Morgan fingerprint density at radius 3 is 2.93 bits per heavy atom. The van der Waals surface area contributed by atoms with Crippen LogP contribution in [0.15, 0.2) is 12.7 Å². The fraction of sp³-hybridized carbons (Fsp3) is 0.429. The van der Waals surface area contributed by atoms with E-state index in [1.165, 1.54) is 6.08 Å². The smallest absolute Gasteiger partial charge is 0.336 e. The van der Waals surface area contributed by atoms with Gasteiger partial charge in [0.1, 0.15) is 0 Å². The molecule has 7 heteroatoms. The lowest BCUT2D eigenvalue weighted by molar-refractivity contribution is -0.138. The second kappa shape index (κ2) is 4.52. The van der Waals surface area contributed by atoms with E-state index in [0.717, 1.165) is 0 Å². The van der Waals surface area contributed by atoms with Crippen LogP contribution in [-0.4, -0.2) is 34.9 Å². The van der Waals surface area contributed by atoms with Gasteiger partial charge in [-0.2, -0.15) is 3.93 Å². The number of imide groups is 1.